The molecular formula is C24H26N2O5S. The van der Waals surface area contributed by atoms with Crippen LogP contribution >= 0.6 is 11.8 Å². The lowest BCUT2D eigenvalue weighted by molar-refractivity contribution is -0.140. The number of fused-ring (bicyclic) bond motifs is 3. The zero-order chi connectivity index (χ0) is 22.7. The number of nitrogens with one attached hydrogen (secondary N) is 2. The summed E-state index contributed by atoms with van der Waals surface area (Å²) >= 11 is 1.75. The Kier molecular flexibility index (Phi) is 6.69. The number of carboxylic acids is 1. The van der Waals surface area contributed by atoms with E-state index in [0.29, 0.717) is 5.25 Å². The molecule has 8 heteroatoms. The van der Waals surface area contributed by atoms with Gasteiger partial charge in [0.2, 0.25) is 5.91 Å². The van der Waals surface area contributed by atoms with E-state index >= 15 is 0 Å². The summed E-state index contributed by atoms with van der Waals surface area (Å²) in [7, 11) is 0. The Bertz CT molecular complexity index is 981. The van der Waals surface area contributed by atoms with Crippen LogP contribution in [0.5, 0.6) is 0 Å². The van der Waals surface area contributed by atoms with E-state index < -0.39 is 30.4 Å². The number of carboxylic acid groups (broad SMARTS) is 1. The summed E-state index contributed by atoms with van der Waals surface area (Å²) in [5.41, 5.74) is 4.39. The Morgan fingerprint density at radius 1 is 1.09 bits per heavy atom. The van der Waals surface area contributed by atoms with Gasteiger partial charge < -0.3 is 20.5 Å². The number of benzene rings is 2. The molecule has 0 saturated carbocycles. The average Bonchev–Trinajstić information content (AvgIpc) is 3.32. The summed E-state index contributed by atoms with van der Waals surface area (Å²) in [6.07, 6.45) is -0.491. The van der Waals surface area contributed by atoms with E-state index in [0.717, 1.165) is 34.4 Å². The first-order valence-corrected chi connectivity index (χ1v) is 11.7. The van der Waals surface area contributed by atoms with Crippen LogP contribution in [-0.4, -0.2) is 52.8 Å². The van der Waals surface area contributed by atoms with Crippen LogP contribution in [0.4, 0.5) is 4.79 Å². The van der Waals surface area contributed by atoms with Crippen LogP contribution < -0.4 is 10.6 Å². The van der Waals surface area contributed by atoms with Crippen molar-refractivity contribution in [1.29, 1.82) is 0 Å². The normalized spacial score (nSPS) is 20.2. The predicted octanol–water partition coefficient (Wildman–Crippen LogP) is 3.38. The molecule has 0 aromatic heterocycles. The highest BCUT2D eigenvalue weighted by Gasteiger charge is 2.31. The molecule has 32 heavy (non-hydrogen) atoms. The molecule has 0 radical (unpaired) electrons. The van der Waals surface area contributed by atoms with Gasteiger partial charge in [-0.1, -0.05) is 55.5 Å². The van der Waals surface area contributed by atoms with Gasteiger partial charge in [0.15, 0.2) is 0 Å². The Hall–Kier alpha value is -3.00. The lowest BCUT2D eigenvalue weighted by Gasteiger charge is -2.20. The molecule has 0 spiro atoms. The average molecular weight is 455 g/mol. The summed E-state index contributed by atoms with van der Waals surface area (Å²) in [5.74, 6) is -1.01. The van der Waals surface area contributed by atoms with Gasteiger partial charge in [-0.2, -0.15) is 11.8 Å². The number of aliphatic carboxylic acids is 1. The van der Waals surface area contributed by atoms with Crippen molar-refractivity contribution in [2.75, 3.05) is 12.4 Å². The fourth-order valence-electron chi connectivity index (χ4n) is 4.39. The van der Waals surface area contributed by atoms with Crippen LogP contribution in [0, 0.1) is 0 Å². The van der Waals surface area contributed by atoms with Crippen molar-refractivity contribution >= 4 is 29.7 Å². The molecule has 1 saturated heterocycles. The molecule has 3 N–H and O–H groups in total. The summed E-state index contributed by atoms with van der Waals surface area (Å²) in [4.78, 5) is 36.4. The lowest BCUT2D eigenvalue weighted by atomic mass is 9.98. The van der Waals surface area contributed by atoms with Crippen molar-refractivity contribution in [1.82, 2.24) is 10.6 Å². The number of carbonyl (C=O) groups is 3. The molecule has 2 aliphatic rings. The number of thioether (sulfide) groups is 1. The fourth-order valence-corrected chi connectivity index (χ4v) is 5.53. The highest BCUT2D eigenvalue weighted by molar-refractivity contribution is 8.00. The van der Waals surface area contributed by atoms with Crippen molar-refractivity contribution in [2.24, 2.45) is 0 Å². The van der Waals surface area contributed by atoms with Gasteiger partial charge in [0.05, 0.1) is 6.42 Å². The summed E-state index contributed by atoms with van der Waals surface area (Å²) in [5, 5.41) is 14.9. The molecule has 3 atom stereocenters. The molecule has 168 valence electrons. The topological polar surface area (TPSA) is 105 Å². The van der Waals surface area contributed by atoms with E-state index in [1.807, 2.05) is 48.5 Å². The van der Waals surface area contributed by atoms with E-state index in [-0.39, 0.29) is 18.6 Å². The lowest BCUT2D eigenvalue weighted by Crippen LogP contribution is -2.50. The molecule has 7 nitrogen and oxygen atoms in total. The number of amides is 2. The second-order valence-electron chi connectivity index (χ2n) is 8.21. The molecule has 1 heterocycles. The van der Waals surface area contributed by atoms with Gasteiger partial charge in [-0.15, -0.1) is 0 Å². The molecule has 4 rings (SSSR count). The molecule has 2 aromatic rings. The van der Waals surface area contributed by atoms with Crippen LogP contribution in [0.15, 0.2) is 48.5 Å². The van der Waals surface area contributed by atoms with Crippen molar-refractivity contribution in [3.05, 3.63) is 59.7 Å². The predicted molar refractivity (Wildman–Crippen MR) is 123 cm³/mol. The molecule has 1 aliphatic carbocycles. The van der Waals surface area contributed by atoms with Gasteiger partial charge in [0.1, 0.15) is 12.6 Å². The minimum atomic E-state index is -1.19. The third-order valence-corrected chi connectivity index (χ3v) is 7.23. The van der Waals surface area contributed by atoms with Gasteiger partial charge in [-0.3, -0.25) is 9.59 Å². The zero-order valence-corrected chi connectivity index (χ0v) is 18.6. The second kappa shape index (κ2) is 9.65. The Morgan fingerprint density at radius 2 is 1.72 bits per heavy atom. The Balaban J connectivity index is 1.39. The standard InChI is InChI=1S/C24H26N2O5S/c1-14-10-15(13-32-14)25-23(29)21(11-22(27)28)26-24(30)31-12-20-18-8-4-2-6-16(18)17-7-3-5-9-19(17)20/h2-9,14-15,20-21H,10-13H2,1H3,(H,25,29)(H,26,30)(H,27,28). The number of carbonyl (C=O) groups excluding carboxylic acids is 2. The molecule has 2 amide bonds. The first-order valence-electron chi connectivity index (χ1n) is 10.7. The van der Waals surface area contributed by atoms with E-state index in [9.17, 15) is 19.5 Å². The van der Waals surface area contributed by atoms with Crippen LogP contribution in [0.2, 0.25) is 0 Å². The fraction of sp³-hybridized carbons (Fsp3) is 0.375. The third-order valence-electron chi connectivity index (χ3n) is 5.88. The van der Waals surface area contributed by atoms with Crippen LogP contribution in [-0.2, 0) is 14.3 Å². The van der Waals surface area contributed by atoms with Gasteiger partial charge in [0.25, 0.3) is 0 Å². The quantitative estimate of drug-likeness (QED) is 0.593. The Labute approximate surface area is 190 Å². The molecule has 1 aliphatic heterocycles. The van der Waals surface area contributed by atoms with E-state index in [4.69, 9.17) is 4.74 Å². The van der Waals surface area contributed by atoms with Gasteiger partial charge in [-0.25, -0.2) is 4.79 Å². The van der Waals surface area contributed by atoms with Crippen LogP contribution in [0.1, 0.15) is 36.8 Å². The van der Waals surface area contributed by atoms with Crippen molar-refractivity contribution in [3.63, 3.8) is 0 Å². The second-order valence-corrected chi connectivity index (χ2v) is 9.68. The molecule has 0 bridgehead atoms. The summed E-state index contributed by atoms with van der Waals surface area (Å²) in [6, 6.07) is 14.8. The minimum absolute atomic E-state index is 0.0249. The third kappa shape index (κ3) is 4.91. The summed E-state index contributed by atoms with van der Waals surface area (Å²) in [6.45, 7) is 2.18. The molecule has 1 fully saturated rings. The van der Waals surface area contributed by atoms with Crippen molar-refractivity contribution in [3.8, 4) is 11.1 Å². The monoisotopic (exact) mass is 454 g/mol. The van der Waals surface area contributed by atoms with Gasteiger partial charge in [0, 0.05) is 23.0 Å². The first kappa shape index (κ1) is 22.2. The highest BCUT2D eigenvalue weighted by Crippen LogP contribution is 2.44. The highest BCUT2D eigenvalue weighted by atomic mass is 32.2. The zero-order valence-electron chi connectivity index (χ0n) is 17.7. The van der Waals surface area contributed by atoms with Crippen molar-refractivity contribution < 1.29 is 24.2 Å². The van der Waals surface area contributed by atoms with E-state index in [1.54, 1.807) is 11.8 Å². The number of hydrogen-bond donors (Lipinski definition) is 3. The molecular weight excluding hydrogens is 428 g/mol. The number of alkyl carbamates (subject to hydrolysis) is 1. The molecule has 2 aromatic carbocycles. The molecule has 3 unspecified atom stereocenters. The SMILES string of the molecule is CC1CC(NC(=O)C(CC(=O)O)NC(=O)OCC2c3ccccc3-c3ccccc32)CS1. The first-order chi connectivity index (χ1) is 15.4. The number of rotatable bonds is 7. The van der Waals surface area contributed by atoms with E-state index in [1.165, 1.54) is 0 Å². The van der Waals surface area contributed by atoms with Gasteiger partial charge >= 0.3 is 12.1 Å². The number of hydrogen-bond acceptors (Lipinski definition) is 5. The minimum Gasteiger partial charge on any atom is -0.481 e. The Morgan fingerprint density at radius 3 is 2.28 bits per heavy atom. The maximum atomic E-state index is 12.6. The maximum Gasteiger partial charge on any atom is 0.407 e. The maximum absolute atomic E-state index is 12.6. The smallest absolute Gasteiger partial charge is 0.407 e. The van der Waals surface area contributed by atoms with Crippen molar-refractivity contribution in [2.45, 2.75) is 43.0 Å². The van der Waals surface area contributed by atoms with Crippen LogP contribution in [0.25, 0.3) is 11.1 Å². The van der Waals surface area contributed by atoms with E-state index in [2.05, 4.69) is 17.6 Å². The van der Waals surface area contributed by atoms with Gasteiger partial charge in [-0.05, 0) is 28.7 Å². The number of ether oxygens (including phenoxy) is 1. The van der Waals surface area contributed by atoms with Crippen LogP contribution in [0.3, 0.4) is 0 Å². The summed E-state index contributed by atoms with van der Waals surface area (Å²) < 4.78 is 5.46. The largest absolute Gasteiger partial charge is 0.481 e.